The fraction of sp³-hybridized carbons (Fsp3) is 0.380. The van der Waals surface area contributed by atoms with Crippen LogP contribution in [0.15, 0.2) is 96.3 Å². The topological polar surface area (TPSA) is 174 Å². The molecule has 4 amide bonds. The summed E-state index contributed by atoms with van der Waals surface area (Å²) in [5, 5.41) is 21.0. The lowest BCUT2D eigenvalue weighted by Crippen LogP contribution is -2.52. The number of halogens is 3. The average Bonchev–Trinajstić information content (AvgIpc) is 4.04. The number of piperazine rings is 1. The first-order chi connectivity index (χ1) is 33.6. The molecule has 0 bridgehead atoms. The molecule has 364 valence electrons. The van der Waals surface area contributed by atoms with Gasteiger partial charge in [-0.15, -0.1) is 10.2 Å². The molecule has 4 aliphatic rings. The Morgan fingerprint density at radius 2 is 1.59 bits per heavy atom. The summed E-state index contributed by atoms with van der Waals surface area (Å²) in [7, 11) is 3.46. The number of benzene rings is 3. The lowest BCUT2D eigenvalue weighted by molar-refractivity contribution is -0.137. The van der Waals surface area contributed by atoms with Crippen molar-refractivity contribution in [2.75, 3.05) is 62.7 Å². The van der Waals surface area contributed by atoms with E-state index in [2.05, 4.69) is 30.2 Å². The highest BCUT2D eigenvalue weighted by Gasteiger charge is 2.40. The van der Waals surface area contributed by atoms with Gasteiger partial charge in [0.25, 0.3) is 11.8 Å². The maximum absolute atomic E-state index is 14.6. The number of aliphatic hydroxyl groups is 1. The molecule has 2 N–H and O–H groups in total. The van der Waals surface area contributed by atoms with E-state index in [-0.39, 0.29) is 53.6 Å². The normalized spacial score (nSPS) is 18.7. The lowest BCUT2D eigenvalue weighted by atomic mass is 9.95. The number of nitrogens with zero attached hydrogens (tertiary/aromatic N) is 10. The second-order valence-electron chi connectivity index (χ2n) is 18.8. The zero-order valence-corrected chi connectivity index (χ0v) is 38.7. The largest absolute Gasteiger partial charge is 0.418 e. The van der Waals surface area contributed by atoms with E-state index in [1.54, 1.807) is 46.7 Å². The fourth-order valence-corrected chi connectivity index (χ4v) is 10.3. The van der Waals surface area contributed by atoms with Crippen LogP contribution >= 0.6 is 0 Å². The molecule has 3 aromatic heterocycles. The molecule has 0 radical (unpaired) electrons. The number of amides is 4. The number of piperidine rings is 2. The number of carbonyl (C=O) groups excluding carboxylic acids is 4. The van der Waals surface area contributed by atoms with E-state index in [9.17, 15) is 42.3 Å². The lowest BCUT2D eigenvalue weighted by Gasteiger charge is -2.37. The third-order valence-corrected chi connectivity index (χ3v) is 14.2. The van der Waals surface area contributed by atoms with Crippen LogP contribution in [0.5, 0.6) is 0 Å². The highest BCUT2D eigenvalue weighted by Crippen LogP contribution is 2.35. The Labute approximate surface area is 400 Å². The van der Waals surface area contributed by atoms with Crippen molar-refractivity contribution in [3.05, 3.63) is 141 Å². The minimum Gasteiger partial charge on any atom is -0.380 e. The van der Waals surface area contributed by atoms with Gasteiger partial charge in [0.2, 0.25) is 11.8 Å². The van der Waals surface area contributed by atoms with Gasteiger partial charge in [0.15, 0.2) is 5.82 Å². The predicted octanol–water partition coefficient (Wildman–Crippen LogP) is 4.39. The molecule has 70 heavy (non-hydrogen) atoms. The highest BCUT2D eigenvalue weighted by molar-refractivity contribution is 6.05. The number of alkyl halides is 3. The molecule has 0 aliphatic carbocycles. The zero-order valence-electron chi connectivity index (χ0n) is 38.7. The van der Waals surface area contributed by atoms with Crippen molar-refractivity contribution in [1.29, 1.82) is 0 Å². The van der Waals surface area contributed by atoms with E-state index >= 15 is 0 Å². The van der Waals surface area contributed by atoms with Gasteiger partial charge in [0.05, 0.1) is 16.8 Å². The molecule has 17 nitrogen and oxygen atoms in total. The summed E-state index contributed by atoms with van der Waals surface area (Å²) in [6.07, 6.45) is 0.194. The quantitative estimate of drug-likeness (QED) is 0.177. The number of aryl methyl sites for hydroxylation is 1. The molecule has 7 heterocycles. The number of likely N-dealkylation sites (tertiary alicyclic amines) is 1. The molecule has 3 fully saturated rings. The Morgan fingerprint density at radius 1 is 0.871 bits per heavy atom. The van der Waals surface area contributed by atoms with Crippen molar-refractivity contribution in [3.8, 4) is 5.69 Å². The molecular weight excluding hydrogens is 908 g/mol. The third kappa shape index (κ3) is 9.03. The molecule has 1 unspecified atom stereocenters. The Morgan fingerprint density at radius 3 is 2.27 bits per heavy atom. The number of nitrogens with one attached hydrogen (secondary N) is 1. The summed E-state index contributed by atoms with van der Waals surface area (Å²) in [5.74, 6) is -0.563. The van der Waals surface area contributed by atoms with Gasteiger partial charge in [-0.3, -0.25) is 38.4 Å². The number of pyridine rings is 1. The SMILES string of the molecule is CN(CC1CCN(Cc2cc(C(F)(F)F)c3cn(-c4cccc([C@@H](O)c5nncn5C)c4)c(=O)n3c2)CC1)C(=O)c1ccc(N2CCN(c3ccc4c(c3)CN(C3CCC(=O)NC3=O)C4=O)CC2)cc1. The minimum atomic E-state index is -4.73. The van der Waals surface area contributed by atoms with E-state index < -0.39 is 35.5 Å². The number of imide groups is 1. The molecule has 4 aliphatic heterocycles. The van der Waals surface area contributed by atoms with Crippen molar-refractivity contribution in [1.82, 2.24) is 43.7 Å². The van der Waals surface area contributed by atoms with Crippen LogP contribution in [0.2, 0.25) is 0 Å². The number of hydrogen-bond donors (Lipinski definition) is 2. The molecular formula is C50H52F3N11O6. The number of hydrogen-bond acceptors (Lipinski definition) is 11. The maximum Gasteiger partial charge on any atom is 0.418 e. The predicted molar refractivity (Wildman–Crippen MR) is 251 cm³/mol. The van der Waals surface area contributed by atoms with E-state index in [1.807, 2.05) is 42.5 Å². The average molecular weight is 960 g/mol. The third-order valence-electron chi connectivity index (χ3n) is 14.2. The molecule has 6 aromatic rings. The van der Waals surface area contributed by atoms with E-state index in [0.29, 0.717) is 54.9 Å². The molecule has 3 saturated heterocycles. The van der Waals surface area contributed by atoms with Crippen molar-refractivity contribution >= 4 is 40.5 Å². The van der Waals surface area contributed by atoms with Gasteiger partial charge in [0.1, 0.15) is 18.5 Å². The van der Waals surface area contributed by atoms with Crippen LogP contribution in [0, 0.1) is 5.92 Å². The standard InChI is InChI=1S/C50H52F3N11O6/c1-57(47(68)33-6-8-36(9-7-33)60-18-20-61(21-19-60)37-10-11-39-35(24-37)28-63(48(39)69)41-12-13-43(65)55-46(41)67)25-31-14-16-59(17-15-31)26-32-22-40(50(51,52)53)42-29-62(49(70)64(42)27-32)38-5-3-4-34(23-38)44(66)45-56-54-30-58(45)2/h3-11,22-24,27,29-31,41,44,66H,12-21,25-26,28H2,1-2H3,(H,55,65,67)/t41?,44-/m1/s1. The van der Waals surface area contributed by atoms with Gasteiger partial charge in [-0.1, -0.05) is 12.1 Å². The molecule has 3 aromatic carbocycles. The number of fused-ring (bicyclic) bond motifs is 2. The van der Waals surface area contributed by atoms with Gasteiger partial charge >= 0.3 is 11.9 Å². The number of anilines is 2. The van der Waals surface area contributed by atoms with Crippen LogP contribution in [0.3, 0.4) is 0 Å². The first-order valence-corrected chi connectivity index (χ1v) is 23.4. The van der Waals surface area contributed by atoms with Crippen molar-refractivity contribution in [3.63, 3.8) is 0 Å². The molecule has 0 saturated carbocycles. The first-order valence-electron chi connectivity index (χ1n) is 23.4. The summed E-state index contributed by atoms with van der Waals surface area (Å²) < 4.78 is 47.5. The summed E-state index contributed by atoms with van der Waals surface area (Å²) in [4.78, 5) is 74.6. The fourth-order valence-electron chi connectivity index (χ4n) is 10.3. The minimum absolute atomic E-state index is 0.0938. The number of rotatable bonds is 11. The van der Waals surface area contributed by atoms with Gasteiger partial charge in [-0.05, 0) is 116 Å². The number of aromatic nitrogens is 5. The van der Waals surface area contributed by atoms with Crippen LogP contribution in [0.25, 0.3) is 11.2 Å². The summed E-state index contributed by atoms with van der Waals surface area (Å²) in [6, 6.07) is 20.3. The first kappa shape index (κ1) is 46.4. The zero-order chi connectivity index (χ0) is 49.0. The summed E-state index contributed by atoms with van der Waals surface area (Å²) >= 11 is 0. The molecule has 0 spiro atoms. The van der Waals surface area contributed by atoms with Crippen LogP contribution < -0.4 is 20.8 Å². The monoisotopic (exact) mass is 959 g/mol. The second kappa shape index (κ2) is 18.5. The van der Waals surface area contributed by atoms with Crippen LogP contribution in [-0.4, -0.2) is 126 Å². The number of imidazole rings is 1. The highest BCUT2D eigenvalue weighted by atomic mass is 19.4. The van der Waals surface area contributed by atoms with E-state index in [4.69, 9.17) is 0 Å². The second-order valence-corrected chi connectivity index (χ2v) is 18.8. The number of aliphatic hydroxyl groups excluding tert-OH is 1. The van der Waals surface area contributed by atoms with Gasteiger partial charge in [-0.25, -0.2) is 4.79 Å². The van der Waals surface area contributed by atoms with Crippen LogP contribution in [-0.2, 0) is 35.9 Å². The maximum atomic E-state index is 14.6. The van der Waals surface area contributed by atoms with E-state index in [0.717, 1.165) is 71.0 Å². The van der Waals surface area contributed by atoms with Gasteiger partial charge < -0.3 is 29.3 Å². The summed E-state index contributed by atoms with van der Waals surface area (Å²) in [5.41, 5.74) is 3.19. The van der Waals surface area contributed by atoms with Crippen LogP contribution in [0.4, 0.5) is 24.5 Å². The molecule has 10 rings (SSSR count). The number of carbonyl (C=O) groups is 4. The Balaban J connectivity index is 0.719. The van der Waals surface area contributed by atoms with Crippen molar-refractivity contribution in [2.45, 2.75) is 57.1 Å². The Bertz CT molecular complexity index is 3060. The van der Waals surface area contributed by atoms with Crippen molar-refractivity contribution < 1.29 is 37.5 Å². The molecule has 20 heteroatoms. The Hall–Kier alpha value is -7.32. The van der Waals surface area contributed by atoms with Crippen LogP contribution in [0.1, 0.15) is 80.6 Å². The Kier molecular flexibility index (Phi) is 12.3. The van der Waals surface area contributed by atoms with Gasteiger partial charge in [0, 0.05) is 101 Å². The van der Waals surface area contributed by atoms with Crippen molar-refractivity contribution in [2.24, 2.45) is 13.0 Å². The summed E-state index contributed by atoms with van der Waals surface area (Å²) in [6.45, 7) is 5.30. The van der Waals surface area contributed by atoms with E-state index in [1.165, 1.54) is 24.8 Å². The smallest absolute Gasteiger partial charge is 0.380 e. The van der Waals surface area contributed by atoms with Gasteiger partial charge in [-0.2, -0.15) is 13.2 Å². The molecule has 2 atom stereocenters.